The van der Waals surface area contributed by atoms with Crippen molar-refractivity contribution < 1.29 is 32.6 Å². The maximum absolute atomic E-state index is 14.8. The molecule has 1 fully saturated rings. The number of benzene rings is 3. The molecule has 1 amide bonds. The van der Waals surface area contributed by atoms with Gasteiger partial charge in [0.05, 0.1) is 22.3 Å². The topological polar surface area (TPSA) is 93.5 Å². The molecule has 0 saturated heterocycles. The minimum absolute atomic E-state index is 0.150. The molecule has 1 aromatic heterocycles. The number of carbonyl (C=O) groups is 2. The van der Waals surface area contributed by atoms with Gasteiger partial charge in [0.15, 0.2) is 11.6 Å². The molecule has 7 nitrogen and oxygen atoms in total. The first-order chi connectivity index (χ1) is 19.3. The van der Waals surface area contributed by atoms with Crippen molar-refractivity contribution in [1.82, 2.24) is 9.55 Å². The van der Waals surface area contributed by atoms with Crippen LogP contribution in [0.2, 0.25) is 0 Å². The van der Waals surface area contributed by atoms with Gasteiger partial charge in [0.25, 0.3) is 0 Å². The second-order valence-electron chi connectivity index (χ2n) is 9.95. The number of carbonyl (C=O) groups excluding carboxylic acids is 1. The molecule has 10 heteroatoms. The van der Waals surface area contributed by atoms with Crippen molar-refractivity contribution >= 4 is 28.6 Å². The second-order valence-corrected chi connectivity index (χ2v) is 9.95. The predicted octanol–water partition coefficient (Wildman–Crippen LogP) is 6.65. The van der Waals surface area contributed by atoms with E-state index in [0.29, 0.717) is 12.8 Å². The smallest absolute Gasteiger partial charge is 0.335 e. The number of ether oxygens (including phenoxy) is 1. The third-order valence-electron chi connectivity index (χ3n) is 7.45. The summed E-state index contributed by atoms with van der Waals surface area (Å²) in [6, 6.07) is 13.4. The number of imidazole rings is 1. The van der Waals surface area contributed by atoms with E-state index in [0.717, 1.165) is 43.0 Å². The number of anilines is 1. The first-order valence-electron chi connectivity index (χ1n) is 13.1. The van der Waals surface area contributed by atoms with Crippen LogP contribution in [0.25, 0.3) is 11.0 Å². The summed E-state index contributed by atoms with van der Waals surface area (Å²) in [4.78, 5) is 29.9. The third-order valence-corrected chi connectivity index (χ3v) is 7.45. The highest BCUT2D eigenvalue weighted by Gasteiger charge is 2.37. The number of nitrogens with zero attached hydrogens (tertiary/aromatic N) is 2. The molecule has 1 heterocycles. The normalized spacial score (nSPS) is 15.6. The quantitative estimate of drug-likeness (QED) is 0.256. The minimum atomic E-state index is -1.30. The summed E-state index contributed by atoms with van der Waals surface area (Å²) < 4.78 is 51.2. The highest BCUT2D eigenvalue weighted by molar-refractivity contribution is 5.96. The van der Waals surface area contributed by atoms with Crippen molar-refractivity contribution in [1.29, 1.82) is 0 Å². The zero-order valence-electron chi connectivity index (χ0n) is 21.7. The molecule has 0 bridgehead atoms. The number of aromatic carboxylic acids is 1. The molecule has 0 unspecified atom stereocenters. The van der Waals surface area contributed by atoms with Crippen LogP contribution in [0, 0.1) is 23.4 Å². The van der Waals surface area contributed by atoms with Gasteiger partial charge in [-0.3, -0.25) is 4.79 Å². The van der Waals surface area contributed by atoms with Crippen molar-refractivity contribution in [3.63, 3.8) is 0 Å². The van der Waals surface area contributed by atoms with Crippen molar-refractivity contribution in [2.24, 2.45) is 5.92 Å². The summed E-state index contributed by atoms with van der Waals surface area (Å²) in [7, 11) is 1.48. The molecule has 3 aromatic carbocycles. The molecule has 2 atom stereocenters. The van der Waals surface area contributed by atoms with E-state index >= 15 is 0 Å². The molecule has 1 aliphatic carbocycles. The van der Waals surface area contributed by atoms with Crippen molar-refractivity contribution in [3.05, 3.63) is 95.1 Å². The van der Waals surface area contributed by atoms with E-state index in [1.165, 1.54) is 19.2 Å². The Bertz CT molecular complexity index is 1550. The lowest BCUT2D eigenvalue weighted by Gasteiger charge is -2.33. The van der Waals surface area contributed by atoms with E-state index < -0.39 is 41.5 Å². The summed E-state index contributed by atoms with van der Waals surface area (Å²) in [5.74, 6) is -4.88. The molecular formula is C30H28F3N3O4. The van der Waals surface area contributed by atoms with Crippen molar-refractivity contribution in [2.45, 2.75) is 44.2 Å². The van der Waals surface area contributed by atoms with Gasteiger partial charge in [-0.1, -0.05) is 49.6 Å². The lowest BCUT2D eigenvalue weighted by atomic mass is 9.83. The highest BCUT2D eigenvalue weighted by atomic mass is 19.2. The molecule has 1 aliphatic rings. The number of hydrogen-bond donors (Lipinski definition) is 2. The van der Waals surface area contributed by atoms with Crippen LogP contribution in [0.5, 0.6) is 0 Å². The van der Waals surface area contributed by atoms with Crippen LogP contribution in [-0.4, -0.2) is 33.6 Å². The number of carboxylic acids is 1. The number of methoxy groups -OCH3 is 1. The fraction of sp³-hybridized carbons (Fsp3) is 0.300. The molecule has 1 saturated carbocycles. The van der Waals surface area contributed by atoms with E-state index in [1.54, 1.807) is 4.57 Å². The summed E-state index contributed by atoms with van der Waals surface area (Å²) in [5.41, 5.74) is 0.633. The second kappa shape index (κ2) is 11.5. The van der Waals surface area contributed by atoms with E-state index in [1.807, 2.05) is 30.3 Å². The van der Waals surface area contributed by atoms with Gasteiger partial charge in [0, 0.05) is 19.2 Å². The summed E-state index contributed by atoms with van der Waals surface area (Å²) >= 11 is 0. The van der Waals surface area contributed by atoms with Crippen LogP contribution in [-0.2, 0) is 9.53 Å². The fourth-order valence-corrected chi connectivity index (χ4v) is 5.55. The number of amides is 1. The minimum Gasteiger partial charge on any atom is -0.478 e. The average molecular weight is 552 g/mol. The fourth-order valence-electron chi connectivity index (χ4n) is 5.55. The van der Waals surface area contributed by atoms with Crippen LogP contribution in [0.15, 0.2) is 60.7 Å². The lowest BCUT2D eigenvalue weighted by molar-refractivity contribution is -0.121. The number of fused-ring (bicyclic) bond motifs is 1. The SMILES string of the molecule is CO[C@H](c1ccccc1)c1nc2cc(F)c(F)cc2n1[C@@H](C(=O)Nc1ccc(C(=O)O)cc1F)C1CCCCC1. The van der Waals surface area contributed by atoms with Crippen molar-refractivity contribution in [2.75, 3.05) is 12.4 Å². The Hall–Kier alpha value is -4.18. The predicted molar refractivity (Wildman–Crippen MR) is 143 cm³/mol. The van der Waals surface area contributed by atoms with E-state index in [2.05, 4.69) is 10.3 Å². The average Bonchev–Trinajstić information content (AvgIpc) is 3.28. The first kappa shape index (κ1) is 27.4. The van der Waals surface area contributed by atoms with E-state index in [9.17, 15) is 27.9 Å². The van der Waals surface area contributed by atoms with Gasteiger partial charge in [-0.15, -0.1) is 0 Å². The maximum atomic E-state index is 14.8. The van der Waals surface area contributed by atoms with Gasteiger partial charge in [-0.2, -0.15) is 0 Å². The Morgan fingerprint density at radius 2 is 1.68 bits per heavy atom. The van der Waals surface area contributed by atoms with Gasteiger partial charge in [-0.25, -0.2) is 22.9 Å². The zero-order chi connectivity index (χ0) is 28.4. The molecule has 2 N–H and O–H groups in total. The van der Waals surface area contributed by atoms with Crippen LogP contribution < -0.4 is 5.32 Å². The number of aromatic nitrogens is 2. The standard InChI is InChI=1S/C30H28F3N3O4/c1-40-27(18-10-6-3-7-11-18)28-34-24-15-20(31)21(32)16-25(24)36(28)26(17-8-4-2-5-9-17)29(37)35-23-13-12-19(30(38)39)14-22(23)33/h3,6-7,10-17,26-27H,2,4-5,8-9H2,1H3,(H,35,37)(H,38,39)/t26-,27-/m1/s1. The third kappa shape index (κ3) is 5.31. The first-order valence-corrected chi connectivity index (χ1v) is 13.1. The number of hydrogen-bond acceptors (Lipinski definition) is 4. The molecular weight excluding hydrogens is 523 g/mol. The highest BCUT2D eigenvalue weighted by Crippen LogP contribution is 2.40. The Kier molecular flexibility index (Phi) is 7.88. The van der Waals surface area contributed by atoms with Gasteiger partial charge < -0.3 is 19.7 Å². The summed E-state index contributed by atoms with van der Waals surface area (Å²) in [6.45, 7) is 0. The van der Waals surface area contributed by atoms with Gasteiger partial charge in [-0.05, 0) is 42.5 Å². The largest absolute Gasteiger partial charge is 0.478 e. The number of nitrogens with one attached hydrogen (secondary N) is 1. The zero-order valence-corrected chi connectivity index (χ0v) is 21.7. The van der Waals surface area contributed by atoms with Gasteiger partial charge in [0.2, 0.25) is 5.91 Å². The Morgan fingerprint density at radius 3 is 2.33 bits per heavy atom. The maximum Gasteiger partial charge on any atom is 0.335 e. The molecule has 0 spiro atoms. The lowest BCUT2D eigenvalue weighted by Crippen LogP contribution is -2.35. The molecule has 0 aliphatic heterocycles. The summed E-state index contributed by atoms with van der Waals surface area (Å²) in [5, 5.41) is 11.8. The summed E-state index contributed by atoms with van der Waals surface area (Å²) in [6.07, 6.45) is 3.33. The molecule has 4 aromatic rings. The van der Waals surface area contributed by atoms with E-state index in [-0.39, 0.29) is 34.0 Å². The Morgan fingerprint density at radius 1 is 0.975 bits per heavy atom. The van der Waals surface area contributed by atoms with E-state index in [4.69, 9.17) is 4.74 Å². The van der Waals surface area contributed by atoms with Gasteiger partial charge in [0.1, 0.15) is 23.8 Å². The number of rotatable bonds is 8. The molecule has 5 rings (SSSR count). The number of halogens is 3. The molecule has 0 radical (unpaired) electrons. The number of carboxylic acid groups (broad SMARTS) is 1. The van der Waals surface area contributed by atoms with Crippen molar-refractivity contribution in [3.8, 4) is 0 Å². The molecule has 208 valence electrons. The van der Waals surface area contributed by atoms with Crippen LogP contribution in [0.4, 0.5) is 18.9 Å². The monoisotopic (exact) mass is 551 g/mol. The Balaban J connectivity index is 1.68. The molecule has 40 heavy (non-hydrogen) atoms. The van der Waals surface area contributed by atoms with Crippen LogP contribution in [0.3, 0.4) is 0 Å². The van der Waals surface area contributed by atoms with Crippen LogP contribution in [0.1, 0.15) is 66.0 Å². The Labute approximate surface area is 228 Å². The van der Waals surface area contributed by atoms with Gasteiger partial charge >= 0.3 is 5.97 Å². The van der Waals surface area contributed by atoms with Crippen LogP contribution >= 0.6 is 0 Å².